The minimum atomic E-state index is -0.376. The fourth-order valence-electron chi connectivity index (χ4n) is 4.73. The molecule has 1 aliphatic carbocycles. The first-order valence-corrected chi connectivity index (χ1v) is 13.3. The van der Waals surface area contributed by atoms with Crippen LogP contribution < -0.4 is 10.6 Å². The molecule has 0 saturated carbocycles. The van der Waals surface area contributed by atoms with Gasteiger partial charge in [-0.25, -0.2) is 4.98 Å². The Bertz CT molecular complexity index is 1150. The van der Waals surface area contributed by atoms with Crippen molar-refractivity contribution in [3.8, 4) is 0 Å². The van der Waals surface area contributed by atoms with Crippen molar-refractivity contribution in [1.82, 2.24) is 10.3 Å². The van der Waals surface area contributed by atoms with Crippen LogP contribution in [0.5, 0.6) is 0 Å². The summed E-state index contributed by atoms with van der Waals surface area (Å²) in [4.78, 5) is 32.7. The Morgan fingerprint density at radius 3 is 2.76 bits per heavy atom. The van der Waals surface area contributed by atoms with Crippen LogP contribution in [0.15, 0.2) is 57.2 Å². The molecule has 1 atom stereocenters. The molecule has 2 aliphatic rings. The van der Waals surface area contributed by atoms with Crippen LogP contribution in [0, 0.1) is 5.41 Å². The molecule has 174 valence electrons. The lowest BCUT2D eigenvalue weighted by molar-refractivity contribution is -0.118. The van der Waals surface area contributed by atoms with Crippen LogP contribution in [-0.2, 0) is 16.0 Å². The number of nitrogens with one attached hydrogen (secondary N) is 2. The van der Waals surface area contributed by atoms with Crippen molar-refractivity contribution in [2.75, 3.05) is 11.1 Å². The molecule has 2 aromatic rings. The standard InChI is InChI=1S/C26H31N3O2S2/c1-6-16-12-17(25(33-16)32-7-2)22-21(24(31)29-20-10-8-9-11-27-20)15(3)28-18-13-26(4,5)14-19(30)23(18)22/h8-12,22,28H,6-7,13-14H2,1-5H3,(H,27,29,31). The number of carbonyl (C=O) groups is 2. The molecule has 0 saturated heterocycles. The number of nitrogens with zero attached hydrogens (tertiary/aromatic N) is 1. The number of thiophene rings is 1. The van der Waals surface area contributed by atoms with E-state index in [1.54, 1.807) is 35.4 Å². The van der Waals surface area contributed by atoms with Crippen LogP contribution in [0.25, 0.3) is 0 Å². The first-order chi connectivity index (χ1) is 15.7. The molecule has 0 aromatic carbocycles. The lowest BCUT2D eigenvalue weighted by Crippen LogP contribution is -2.39. The fraction of sp³-hybridized carbons (Fsp3) is 0.423. The molecule has 2 aromatic heterocycles. The molecule has 7 heteroatoms. The molecule has 2 N–H and O–H groups in total. The van der Waals surface area contributed by atoms with Crippen molar-refractivity contribution in [2.45, 2.75) is 64.0 Å². The molecule has 0 radical (unpaired) electrons. The third-order valence-electron chi connectivity index (χ3n) is 6.10. The highest BCUT2D eigenvalue weighted by Gasteiger charge is 2.43. The van der Waals surface area contributed by atoms with Gasteiger partial charge in [0.25, 0.3) is 5.91 Å². The number of aromatic nitrogens is 1. The summed E-state index contributed by atoms with van der Waals surface area (Å²) in [6.45, 7) is 10.5. The van der Waals surface area contributed by atoms with Gasteiger partial charge in [0, 0.05) is 46.0 Å². The number of hydrogen-bond donors (Lipinski definition) is 2. The number of hydrogen-bond acceptors (Lipinski definition) is 6. The maximum atomic E-state index is 13.6. The zero-order valence-electron chi connectivity index (χ0n) is 19.9. The highest BCUT2D eigenvalue weighted by atomic mass is 32.2. The van der Waals surface area contributed by atoms with Gasteiger partial charge in [-0.3, -0.25) is 9.59 Å². The van der Waals surface area contributed by atoms with Crippen molar-refractivity contribution in [3.63, 3.8) is 0 Å². The monoisotopic (exact) mass is 481 g/mol. The average molecular weight is 482 g/mol. The summed E-state index contributed by atoms with van der Waals surface area (Å²) in [5, 5.41) is 6.40. The van der Waals surface area contributed by atoms with Gasteiger partial charge in [-0.05, 0) is 54.7 Å². The number of anilines is 1. The summed E-state index contributed by atoms with van der Waals surface area (Å²) >= 11 is 3.57. The number of aryl methyl sites for hydroxylation is 1. The third-order valence-corrected chi connectivity index (χ3v) is 8.58. The average Bonchev–Trinajstić information content (AvgIpc) is 3.15. The quantitative estimate of drug-likeness (QED) is 0.491. The normalized spacial score (nSPS) is 19.9. The number of amides is 1. The molecule has 0 fully saturated rings. The Labute approximate surface area is 204 Å². The largest absolute Gasteiger partial charge is 0.362 e. The minimum Gasteiger partial charge on any atom is -0.362 e. The van der Waals surface area contributed by atoms with Crippen molar-refractivity contribution in [2.24, 2.45) is 5.41 Å². The van der Waals surface area contributed by atoms with E-state index >= 15 is 0 Å². The van der Waals surface area contributed by atoms with Crippen LogP contribution in [0.3, 0.4) is 0 Å². The van der Waals surface area contributed by atoms with Gasteiger partial charge >= 0.3 is 0 Å². The maximum Gasteiger partial charge on any atom is 0.255 e. The Morgan fingerprint density at radius 2 is 2.09 bits per heavy atom. The maximum absolute atomic E-state index is 13.6. The first kappa shape index (κ1) is 23.8. The van der Waals surface area contributed by atoms with E-state index in [1.807, 2.05) is 19.1 Å². The molecule has 3 heterocycles. The van der Waals surface area contributed by atoms with Crippen LogP contribution in [0.1, 0.15) is 63.8 Å². The smallest absolute Gasteiger partial charge is 0.255 e. The van der Waals surface area contributed by atoms with Gasteiger partial charge < -0.3 is 10.6 Å². The van der Waals surface area contributed by atoms with Gasteiger partial charge in [0.15, 0.2) is 5.78 Å². The first-order valence-electron chi connectivity index (χ1n) is 11.5. The Morgan fingerprint density at radius 1 is 1.30 bits per heavy atom. The number of pyridine rings is 1. The SMILES string of the molecule is CCSc1sc(CC)cc1C1C(C(=O)Nc2ccccn2)=C(C)NC2=C1C(=O)CC(C)(C)C2. The van der Waals surface area contributed by atoms with Gasteiger partial charge in [-0.2, -0.15) is 0 Å². The predicted octanol–water partition coefficient (Wildman–Crippen LogP) is 6.06. The number of ketones is 1. The lowest BCUT2D eigenvalue weighted by atomic mass is 9.69. The molecule has 1 aliphatic heterocycles. The van der Waals surface area contributed by atoms with Gasteiger partial charge in [0.05, 0.1) is 4.21 Å². The summed E-state index contributed by atoms with van der Waals surface area (Å²) in [6, 6.07) is 7.64. The van der Waals surface area contributed by atoms with Crippen molar-refractivity contribution in [3.05, 3.63) is 63.4 Å². The number of dihydropyridines is 1. The van der Waals surface area contributed by atoms with Crippen LogP contribution in [0.2, 0.25) is 0 Å². The lowest BCUT2D eigenvalue weighted by Gasteiger charge is -2.39. The molecule has 4 rings (SSSR count). The Hall–Kier alpha value is -2.38. The van der Waals surface area contributed by atoms with Gasteiger partial charge in [-0.1, -0.05) is 33.8 Å². The summed E-state index contributed by atoms with van der Waals surface area (Å²) in [7, 11) is 0. The van der Waals surface area contributed by atoms with E-state index in [4.69, 9.17) is 0 Å². The Balaban J connectivity index is 1.86. The second-order valence-electron chi connectivity index (χ2n) is 9.34. The van der Waals surface area contributed by atoms with E-state index < -0.39 is 0 Å². The highest BCUT2D eigenvalue weighted by molar-refractivity contribution is 8.01. The number of rotatable bonds is 6. The Kier molecular flexibility index (Phi) is 6.82. The van der Waals surface area contributed by atoms with E-state index in [0.29, 0.717) is 17.8 Å². The topological polar surface area (TPSA) is 71.1 Å². The van der Waals surface area contributed by atoms with Gasteiger partial charge in [0.1, 0.15) is 5.82 Å². The van der Waals surface area contributed by atoms with Crippen LogP contribution in [-0.4, -0.2) is 22.4 Å². The number of carbonyl (C=O) groups excluding carboxylic acids is 2. The minimum absolute atomic E-state index is 0.105. The van der Waals surface area contributed by atoms with Gasteiger partial charge in [-0.15, -0.1) is 23.1 Å². The predicted molar refractivity (Wildman–Crippen MR) is 137 cm³/mol. The van der Waals surface area contributed by atoms with Crippen molar-refractivity contribution < 1.29 is 9.59 Å². The highest BCUT2D eigenvalue weighted by Crippen LogP contribution is 2.50. The second-order valence-corrected chi connectivity index (χ2v) is 12.0. The van der Waals surface area contributed by atoms with Crippen LogP contribution >= 0.6 is 23.1 Å². The zero-order valence-corrected chi connectivity index (χ0v) is 21.5. The number of allylic oxidation sites excluding steroid dienone is 3. The summed E-state index contributed by atoms with van der Waals surface area (Å²) in [6.07, 6.45) is 3.86. The summed E-state index contributed by atoms with van der Waals surface area (Å²) < 4.78 is 1.20. The summed E-state index contributed by atoms with van der Waals surface area (Å²) in [5.74, 6) is 0.974. The third kappa shape index (κ3) is 4.80. The molecular weight excluding hydrogens is 450 g/mol. The van der Waals surface area contributed by atoms with E-state index in [-0.39, 0.29) is 23.0 Å². The number of Topliss-reactive ketones (excluding diaryl/α,β-unsaturated/α-hetero) is 1. The van der Waals surface area contributed by atoms with Crippen molar-refractivity contribution in [1.29, 1.82) is 0 Å². The van der Waals surface area contributed by atoms with E-state index in [9.17, 15) is 9.59 Å². The van der Waals surface area contributed by atoms with Gasteiger partial charge in [0.2, 0.25) is 0 Å². The van der Waals surface area contributed by atoms with E-state index in [1.165, 1.54) is 9.09 Å². The number of thioether (sulfide) groups is 1. The van der Waals surface area contributed by atoms with Crippen molar-refractivity contribution >= 4 is 40.6 Å². The molecule has 5 nitrogen and oxygen atoms in total. The second kappa shape index (κ2) is 9.47. The molecule has 0 bridgehead atoms. The molecule has 0 spiro atoms. The molecular formula is C26H31N3O2S2. The zero-order chi connectivity index (χ0) is 23.8. The molecule has 1 amide bonds. The van der Waals surface area contributed by atoms with E-state index in [0.717, 1.165) is 41.1 Å². The summed E-state index contributed by atoms with van der Waals surface area (Å²) in [5.41, 5.74) is 4.09. The fourth-order valence-corrected chi connectivity index (χ4v) is 7.11. The molecule has 1 unspecified atom stereocenters. The van der Waals surface area contributed by atoms with Crippen LogP contribution in [0.4, 0.5) is 5.82 Å². The van der Waals surface area contributed by atoms with E-state index in [2.05, 4.69) is 49.4 Å². The molecule has 33 heavy (non-hydrogen) atoms.